The SMILES string of the molecule is O=C(O)c1cc(CNC(=O)C2CC2)[nH]n1. The number of aromatic carboxylic acids is 1. The van der Waals surface area contributed by atoms with Gasteiger partial charge in [-0.25, -0.2) is 4.79 Å². The molecule has 0 bridgehead atoms. The third kappa shape index (κ3) is 2.34. The van der Waals surface area contributed by atoms with E-state index in [9.17, 15) is 9.59 Å². The summed E-state index contributed by atoms with van der Waals surface area (Å²) in [7, 11) is 0. The second kappa shape index (κ2) is 3.72. The lowest BCUT2D eigenvalue weighted by atomic mass is 10.3. The van der Waals surface area contributed by atoms with Gasteiger partial charge in [0.25, 0.3) is 0 Å². The molecule has 6 nitrogen and oxygen atoms in total. The molecule has 2 rings (SSSR count). The van der Waals surface area contributed by atoms with Gasteiger partial charge in [0.2, 0.25) is 5.91 Å². The number of hydrogen-bond acceptors (Lipinski definition) is 3. The van der Waals surface area contributed by atoms with Crippen LogP contribution in [0.1, 0.15) is 29.0 Å². The Kier molecular flexibility index (Phi) is 2.40. The minimum atomic E-state index is -1.08. The van der Waals surface area contributed by atoms with Crippen LogP contribution in [0.25, 0.3) is 0 Å². The first kappa shape index (κ1) is 9.70. The summed E-state index contributed by atoms with van der Waals surface area (Å²) in [5.74, 6) is -0.889. The molecule has 1 aromatic rings. The van der Waals surface area contributed by atoms with Crippen molar-refractivity contribution in [2.24, 2.45) is 5.92 Å². The molecule has 80 valence electrons. The highest BCUT2D eigenvalue weighted by Gasteiger charge is 2.29. The second-order valence-electron chi connectivity index (χ2n) is 3.58. The number of H-pyrrole nitrogens is 1. The largest absolute Gasteiger partial charge is 0.476 e. The van der Waals surface area contributed by atoms with Gasteiger partial charge in [0.15, 0.2) is 5.69 Å². The Bertz CT molecular complexity index is 395. The van der Waals surface area contributed by atoms with E-state index in [1.165, 1.54) is 6.07 Å². The molecule has 0 aromatic carbocycles. The van der Waals surface area contributed by atoms with Gasteiger partial charge in [-0.1, -0.05) is 0 Å². The Balaban J connectivity index is 1.87. The monoisotopic (exact) mass is 209 g/mol. The number of nitrogens with zero attached hydrogens (tertiary/aromatic N) is 1. The number of carboxylic acids is 1. The van der Waals surface area contributed by atoms with E-state index in [4.69, 9.17) is 5.11 Å². The normalized spacial score (nSPS) is 14.9. The van der Waals surface area contributed by atoms with Crippen molar-refractivity contribution in [2.75, 3.05) is 0 Å². The van der Waals surface area contributed by atoms with E-state index in [0.717, 1.165) is 12.8 Å². The Morgan fingerprint density at radius 2 is 2.33 bits per heavy atom. The third-order valence-electron chi connectivity index (χ3n) is 2.25. The number of hydrogen-bond donors (Lipinski definition) is 3. The molecule has 0 saturated heterocycles. The summed E-state index contributed by atoms with van der Waals surface area (Å²) in [4.78, 5) is 21.8. The summed E-state index contributed by atoms with van der Waals surface area (Å²) in [5, 5.41) is 17.4. The fourth-order valence-corrected chi connectivity index (χ4v) is 1.23. The number of rotatable bonds is 4. The fraction of sp³-hybridized carbons (Fsp3) is 0.444. The van der Waals surface area contributed by atoms with Crippen LogP contribution in [0, 0.1) is 5.92 Å². The number of amides is 1. The average Bonchev–Trinajstić information content (AvgIpc) is 2.93. The number of aromatic nitrogens is 2. The average molecular weight is 209 g/mol. The summed E-state index contributed by atoms with van der Waals surface area (Å²) >= 11 is 0. The molecule has 1 aliphatic rings. The van der Waals surface area contributed by atoms with Crippen molar-refractivity contribution in [1.29, 1.82) is 0 Å². The van der Waals surface area contributed by atoms with E-state index in [1.807, 2.05) is 0 Å². The molecule has 1 aromatic heterocycles. The molecule has 0 spiro atoms. The lowest BCUT2D eigenvalue weighted by Gasteiger charge is -2.00. The van der Waals surface area contributed by atoms with Crippen LogP contribution < -0.4 is 5.32 Å². The minimum Gasteiger partial charge on any atom is -0.476 e. The van der Waals surface area contributed by atoms with Crippen LogP contribution in [0.4, 0.5) is 0 Å². The van der Waals surface area contributed by atoms with Crippen LogP contribution >= 0.6 is 0 Å². The van der Waals surface area contributed by atoms with Gasteiger partial charge in [0, 0.05) is 5.92 Å². The lowest BCUT2D eigenvalue weighted by molar-refractivity contribution is -0.122. The predicted molar refractivity (Wildman–Crippen MR) is 50.1 cm³/mol. The summed E-state index contributed by atoms with van der Waals surface area (Å²) < 4.78 is 0. The number of carboxylic acid groups (broad SMARTS) is 1. The van der Waals surface area contributed by atoms with Crippen LogP contribution in [-0.2, 0) is 11.3 Å². The van der Waals surface area contributed by atoms with Gasteiger partial charge in [0.05, 0.1) is 12.2 Å². The van der Waals surface area contributed by atoms with Gasteiger partial charge >= 0.3 is 5.97 Å². The van der Waals surface area contributed by atoms with Crippen molar-refractivity contribution in [3.05, 3.63) is 17.5 Å². The van der Waals surface area contributed by atoms with Gasteiger partial charge in [-0.15, -0.1) is 0 Å². The molecule has 1 saturated carbocycles. The standard InChI is InChI=1S/C9H11N3O3/c13-8(5-1-2-5)10-4-6-3-7(9(14)15)12-11-6/h3,5H,1-2,4H2,(H,10,13)(H,11,12)(H,14,15). The first-order chi connectivity index (χ1) is 7.16. The molecular formula is C9H11N3O3. The molecular weight excluding hydrogens is 198 g/mol. The first-order valence-electron chi connectivity index (χ1n) is 4.72. The van der Waals surface area contributed by atoms with E-state index in [1.54, 1.807) is 0 Å². The van der Waals surface area contributed by atoms with Crippen LogP contribution in [0.5, 0.6) is 0 Å². The highest BCUT2D eigenvalue weighted by Crippen LogP contribution is 2.28. The summed E-state index contributed by atoms with van der Waals surface area (Å²) in [5.41, 5.74) is 0.562. The first-order valence-corrected chi connectivity index (χ1v) is 4.72. The summed E-state index contributed by atoms with van der Waals surface area (Å²) in [6.07, 6.45) is 1.91. The quantitative estimate of drug-likeness (QED) is 0.657. The second-order valence-corrected chi connectivity index (χ2v) is 3.58. The molecule has 15 heavy (non-hydrogen) atoms. The maximum Gasteiger partial charge on any atom is 0.356 e. The van der Waals surface area contributed by atoms with Crippen LogP contribution in [-0.4, -0.2) is 27.2 Å². The van der Waals surface area contributed by atoms with Gasteiger partial charge in [-0.2, -0.15) is 5.10 Å². The van der Waals surface area contributed by atoms with E-state index in [2.05, 4.69) is 15.5 Å². The van der Waals surface area contributed by atoms with Crippen molar-refractivity contribution < 1.29 is 14.7 Å². The van der Waals surface area contributed by atoms with Crippen molar-refractivity contribution in [2.45, 2.75) is 19.4 Å². The topological polar surface area (TPSA) is 95.1 Å². The molecule has 1 heterocycles. The van der Waals surface area contributed by atoms with Crippen molar-refractivity contribution >= 4 is 11.9 Å². The zero-order valence-electron chi connectivity index (χ0n) is 7.99. The smallest absolute Gasteiger partial charge is 0.356 e. The Morgan fingerprint density at radius 3 is 2.87 bits per heavy atom. The Labute approximate surface area is 85.7 Å². The molecule has 0 atom stereocenters. The highest BCUT2D eigenvalue weighted by molar-refractivity contribution is 5.85. The van der Waals surface area contributed by atoms with Crippen LogP contribution in [0.2, 0.25) is 0 Å². The van der Waals surface area contributed by atoms with E-state index in [-0.39, 0.29) is 17.5 Å². The van der Waals surface area contributed by atoms with E-state index >= 15 is 0 Å². The summed E-state index contributed by atoms with van der Waals surface area (Å²) in [6, 6.07) is 1.41. The molecule has 3 N–H and O–H groups in total. The molecule has 0 unspecified atom stereocenters. The van der Waals surface area contributed by atoms with E-state index < -0.39 is 5.97 Å². The summed E-state index contributed by atoms with van der Waals surface area (Å²) in [6.45, 7) is 0.301. The molecule has 1 fully saturated rings. The zero-order chi connectivity index (χ0) is 10.8. The van der Waals surface area contributed by atoms with Crippen LogP contribution in [0.15, 0.2) is 6.07 Å². The highest BCUT2D eigenvalue weighted by atomic mass is 16.4. The van der Waals surface area contributed by atoms with Gasteiger partial charge in [-0.3, -0.25) is 9.89 Å². The molecule has 1 amide bonds. The van der Waals surface area contributed by atoms with Gasteiger partial charge in [-0.05, 0) is 18.9 Å². The maximum absolute atomic E-state index is 11.3. The number of carbonyl (C=O) groups excluding carboxylic acids is 1. The molecule has 1 aliphatic carbocycles. The van der Waals surface area contributed by atoms with E-state index in [0.29, 0.717) is 12.2 Å². The molecule has 0 aliphatic heterocycles. The van der Waals surface area contributed by atoms with Crippen molar-refractivity contribution in [3.8, 4) is 0 Å². The molecule has 6 heteroatoms. The number of nitrogens with one attached hydrogen (secondary N) is 2. The lowest BCUT2D eigenvalue weighted by Crippen LogP contribution is -2.24. The minimum absolute atomic E-state index is 0.0291. The molecule has 0 radical (unpaired) electrons. The maximum atomic E-state index is 11.3. The Morgan fingerprint density at radius 1 is 1.60 bits per heavy atom. The zero-order valence-corrected chi connectivity index (χ0v) is 7.99. The Hall–Kier alpha value is -1.85. The van der Waals surface area contributed by atoms with Crippen molar-refractivity contribution in [3.63, 3.8) is 0 Å². The van der Waals surface area contributed by atoms with Gasteiger partial charge in [0.1, 0.15) is 0 Å². The van der Waals surface area contributed by atoms with Crippen molar-refractivity contribution in [1.82, 2.24) is 15.5 Å². The third-order valence-corrected chi connectivity index (χ3v) is 2.25. The predicted octanol–water partition coefficient (Wildman–Crippen LogP) is 0.134. The number of carbonyl (C=O) groups is 2. The fourth-order valence-electron chi connectivity index (χ4n) is 1.23. The number of aromatic amines is 1. The van der Waals surface area contributed by atoms with Crippen LogP contribution in [0.3, 0.4) is 0 Å². The van der Waals surface area contributed by atoms with Gasteiger partial charge < -0.3 is 10.4 Å².